The molecule has 2 aromatic heterocycles. The fourth-order valence-corrected chi connectivity index (χ4v) is 2.60. The van der Waals surface area contributed by atoms with Crippen molar-refractivity contribution in [2.24, 2.45) is 0 Å². The number of hydrogen-bond donors (Lipinski definition) is 3. The molecule has 0 amide bonds. The molecular formula is C19H18N6O. The van der Waals surface area contributed by atoms with Gasteiger partial charge in [0.25, 0.3) is 0 Å². The van der Waals surface area contributed by atoms with Crippen LogP contribution in [0.15, 0.2) is 60.9 Å². The third-order valence-electron chi connectivity index (χ3n) is 3.93. The van der Waals surface area contributed by atoms with Gasteiger partial charge in [-0.3, -0.25) is 0 Å². The van der Waals surface area contributed by atoms with E-state index < -0.39 is 0 Å². The summed E-state index contributed by atoms with van der Waals surface area (Å²) in [4.78, 5) is 16.4. The van der Waals surface area contributed by atoms with E-state index in [1.54, 1.807) is 13.4 Å². The number of methoxy groups -OCH3 is 1. The van der Waals surface area contributed by atoms with Crippen LogP contribution in [0.1, 0.15) is 5.56 Å². The Hall–Kier alpha value is -3.61. The van der Waals surface area contributed by atoms with E-state index in [-0.39, 0.29) is 0 Å². The van der Waals surface area contributed by atoms with Crippen LogP contribution in [0.5, 0.6) is 5.75 Å². The molecule has 0 saturated carbocycles. The van der Waals surface area contributed by atoms with E-state index in [9.17, 15) is 0 Å². The van der Waals surface area contributed by atoms with Crippen molar-refractivity contribution in [3.63, 3.8) is 0 Å². The summed E-state index contributed by atoms with van der Waals surface area (Å²) in [7, 11) is 1.64. The first kappa shape index (κ1) is 15.9. The third-order valence-corrected chi connectivity index (χ3v) is 3.93. The second-order valence-electron chi connectivity index (χ2n) is 5.69. The average molecular weight is 346 g/mol. The van der Waals surface area contributed by atoms with Crippen LogP contribution in [-0.4, -0.2) is 27.0 Å². The van der Waals surface area contributed by atoms with Crippen molar-refractivity contribution in [2.75, 3.05) is 17.7 Å². The van der Waals surface area contributed by atoms with Crippen LogP contribution < -0.4 is 15.4 Å². The van der Waals surface area contributed by atoms with Gasteiger partial charge in [-0.05, 0) is 29.8 Å². The number of nitrogens with one attached hydrogen (secondary N) is 3. The zero-order chi connectivity index (χ0) is 17.8. The Balaban J connectivity index is 1.59. The van der Waals surface area contributed by atoms with Crippen LogP contribution in [0.25, 0.3) is 11.2 Å². The van der Waals surface area contributed by atoms with Crippen LogP contribution >= 0.6 is 0 Å². The highest BCUT2D eigenvalue weighted by Crippen LogP contribution is 2.23. The van der Waals surface area contributed by atoms with Gasteiger partial charge in [-0.25, -0.2) is 4.98 Å². The molecule has 2 heterocycles. The summed E-state index contributed by atoms with van der Waals surface area (Å²) in [5.41, 5.74) is 3.42. The van der Waals surface area contributed by atoms with Gasteiger partial charge >= 0.3 is 0 Å². The molecule has 7 nitrogen and oxygen atoms in total. The average Bonchev–Trinajstić information content (AvgIpc) is 3.16. The lowest BCUT2D eigenvalue weighted by molar-refractivity contribution is 0.415. The van der Waals surface area contributed by atoms with Crippen LogP contribution in [0, 0.1) is 0 Å². The van der Waals surface area contributed by atoms with Crippen LogP contribution in [0.4, 0.5) is 17.5 Å². The monoisotopic (exact) mass is 346 g/mol. The quantitative estimate of drug-likeness (QED) is 0.493. The second-order valence-corrected chi connectivity index (χ2v) is 5.69. The molecule has 0 aliphatic carbocycles. The normalized spacial score (nSPS) is 10.7. The van der Waals surface area contributed by atoms with Gasteiger partial charge < -0.3 is 20.4 Å². The summed E-state index contributed by atoms with van der Waals surface area (Å²) < 4.78 is 5.18. The number of ether oxygens (including phenoxy) is 1. The van der Waals surface area contributed by atoms with E-state index in [4.69, 9.17) is 4.74 Å². The lowest BCUT2D eigenvalue weighted by Gasteiger charge is -2.10. The van der Waals surface area contributed by atoms with Gasteiger partial charge in [0.15, 0.2) is 11.5 Å². The zero-order valence-corrected chi connectivity index (χ0v) is 14.2. The molecular weight excluding hydrogens is 328 g/mol. The Bertz CT molecular complexity index is 998. The molecule has 0 aliphatic rings. The van der Waals surface area contributed by atoms with Gasteiger partial charge in [0.2, 0.25) is 5.95 Å². The lowest BCUT2D eigenvalue weighted by atomic mass is 10.2. The number of hydrogen-bond acceptors (Lipinski definition) is 6. The molecule has 0 fully saturated rings. The summed E-state index contributed by atoms with van der Waals surface area (Å²) in [6.07, 6.45) is 1.62. The Kier molecular flexibility index (Phi) is 4.34. The number of aromatic amines is 1. The first-order chi connectivity index (χ1) is 12.8. The molecule has 26 heavy (non-hydrogen) atoms. The number of anilines is 3. The predicted octanol–water partition coefficient (Wildman–Crippen LogP) is 3.72. The molecule has 3 N–H and O–H groups in total. The molecule has 0 bridgehead atoms. The van der Waals surface area contributed by atoms with Gasteiger partial charge in [-0.2, -0.15) is 9.97 Å². The smallest absolute Gasteiger partial charge is 0.231 e. The molecule has 4 rings (SSSR count). The molecule has 130 valence electrons. The van der Waals surface area contributed by atoms with Crippen LogP contribution in [-0.2, 0) is 6.54 Å². The molecule has 0 spiro atoms. The molecule has 0 aliphatic heterocycles. The Morgan fingerprint density at radius 1 is 1.00 bits per heavy atom. The van der Waals surface area contributed by atoms with Crippen molar-refractivity contribution in [2.45, 2.75) is 6.54 Å². The number of nitrogens with zero attached hydrogens (tertiary/aromatic N) is 3. The first-order valence-electron chi connectivity index (χ1n) is 8.22. The number of H-pyrrole nitrogens is 1. The van der Waals surface area contributed by atoms with E-state index in [0.717, 1.165) is 17.0 Å². The standard InChI is InChI=1S/C19H18N6O/c1-26-15-9-7-14(8-10-15)23-19-24-17(16-18(25-19)22-12-21-16)20-11-13-5-3-2-4-6-13/h2-10,12H,11H2,1H3,(H3,20,21,22,23,24,25). The fourth-order valence-electron chi connectivity index (χ4n) is 2.60. The topological polar surface area (TPSA) is 87.8 Å². The van der Waals surface area contributed by atoms with E-state index in [2.05, 4.69) is 42.7 Å². The fraction of sp³-hybridized carbons (Fsp3) is 0.105. The molecule has 7 heteroatoms. The number of fused-ring (bicyclic) bond motifs is 1. The van der Waals surface area contributed by atoms with E-state index >= 15 is 0 Å². The maximum Gasteiger partial charge on any atom is 0.231 e. The van der Waals surface area contributed by atoms with Gasteiger partial charge in [0.05, 0.1) is 13.4 Å². The minimum Gasteiger partial charge on any atom is -0.497 e. The van der Waals surface area contributed by atoms with Crippen molar-refractivity contribution in [1.29, 1.82) is 0 Å². The van der Waals surface area contributed by atoms with Crippen LogP contribution in [0.2, 0.25) is 0 Å². The summed E-state index contributed by atoms with van der Waals surface area (Å²) in [6, 6.07) is 17.7. The molecule has 0 unspecified atom stereocenters. The summed E-state index contributed by atoms with van der Waals surface area (Å²) in [6.45, 7) is 0.661. The first-order valence-corrected chi connectivity index (χ1v) is 8.22. The van der Waals surface area contributed by atoms with Gasteiger partial charge in [-0.1, -0.05) is 30.3 Å². The molecule has 4 aromatic rings. The number of benzene rings is 2. The summed E-state index contributed by atoms with van der Waals surface area (Å²) in [5, 5.41) is 6.56. The summed E-state index contributed by atoms with van der Waals surface area (Å²) >= 11 is 0. The predicted molar refractivity (Wildman–Crippen MR) is 102 cm³/mol. The van der Waals surface area contributed by atoms with Gasteiger partial charge in [-0.15, -0.1) is 0 Å². The van der Waals surface area contributed by atoms with Crippen molar-refractivity contribution in [3.05, 3.63) is 66.5 Å². The molecule has 0 atom stereocenters. The Morgan fingerprint density at radius 2 is 1.81 bits per heavy atom. The molecule has 2 aromatic carbocycles. The highest BCUT2D eigenvalue weighted by atomic mass is 16.5. The van der Waals surface area contributed by atoms with Crippen molar-refractivity contribution < 1.29 is 4.74 Å². The van der Waals surface area contributed by atoms with Crippen molar-refractivity contribution in [1.82, 2.24) is 19.9 Å². The maximum absolute atomic E-state index is 5.18. The lowest BCUT2D eigenvalue weighted by Crippen LogP contribution is -2.05. The Morgan fingerprint density at radius 3 is 2.58 bits per heavy atom. The number of imidazole rings is 1. The summed E-state index contributed by atoms with van der Waals surface area (Å²) in [5.74, 6) is 1.97. The van der Waals surface area contributed by atoms with Crippen LogP contribution in [0.3, 0.4) is 0 Å². The van der Waals surface area contributed by atoms with Crippen molar-refractivity contribution in [3.8, 4) is 5.75 Å². The van der Waals surface area contributed by atoms with E-state index in [1.807, 2.05) is 42.5 Å². The zero-order valence-electron chi connectivity index (χ0n) is 14.2. The minimum absolute atomic E-state index is 0.477. The van der Waals surface area contributed by atoms with E-state index in [0.29, 0.717) is 24.0 Å². The largest absolute Gasteiger partial charge is 0.497 e. The van der Waals surface area contributed by atoms with Crippen molar-refractivity contribution >= 4 is 28.6 Å². The highest BCUT2D eigenvalue weighted by Gasteiger charge is 2.10. The van der Waals surface area contributed by atoms with Gasteiger partial charge in [0.1, 0.15) is 11.3 Å². The highest BCUT2D eigenvalue weighted by molar-refractivity contribution is 5.84. The Labute approximate surface area is 150 Å². The van der Waals surface area contributed by atoms with Gasteiger partial charge in [0, 0.05) is 12.2 Å². The number of rotatable bonds is 6. The second kappa shape index (κ2) is 7.10. The third kappa shape index (κ3) is 3.41. The molecule has 0 saturated heterocycles. The maximum atomic E-state index is 5.18. The number of aromatic nitrogens is 4. The minimum atomic E-state index is 0.477. The SMILES string of the molecule is COc1ccc(Nc2nc(NCc3ccccc3)c3[nH]cnc3n2)cc1. The van der Waals surface area contributed by atoms with E-state index in [1.165, 1.54) is 5.56 Å². The molecule has 0 radical (unpaired) electrons.